The maximum Gasteiger partial charge on any atom is 0.224 e. The quantitative estimate of drug-likeness (QED) is 0.215. The zero-order valence-electron chi connectivity index (χ0n) is 23.8. The van der Waals surface area contributed by atoms with Gasteiger partial charge in [0.2, 0.25) is 11.0 Å². The molecule has 8 heteroatoms. The van der Waals surface area contributed by atoms with Crippen LogP contribution in [0.1, 0.15) is 55.2 Å². The Balaban J connectivity index is 1.19. The van der Waals surface area contributed by atoms with Crippen LogP contribution in [-0.4, -0.2) is 63.8 Å². The normalized spacial score (nSPS) is 14.8. The van der Waals surface area contributed by atoms with Crippen molar-refractivity contribution in [2.45, 2.75) is 45.2 Å². The van der Waals surface area contributed by atoms with Crippen LogP contribution < -0.4 is 4.90 Å². The molecule has 0 radical (unpaired) electrons. The van der Waals surface area contributed by atoms with Crippen molar-refractivity contribution < 1.29 is 9.18 Å². The van der Waals surface area contributed by atoms with E-state index in [-0.39, 0.29) is 23.8 Å². The van der Waals surface area contributed by atoms with Crippen molar-refractivity contribution in [1.29, 1.82) is 0 Å². The smallest absolute Gasteiger partial charge is 0.224 e. The SMILES string of the molecule is CCC(C)N(CCC(=O)N1CCN(C(c2ccccc2)c2ccccc2)CC1)c1nc(Cc2ccc(F)cc2)ns1. The van der Waals surface area contributed by atoms with E-state index in [0.29, 0.717) is 19.4 Å². The molecule has 0 spiro atoms. The van der Waals surface area contributed by atoms with Gasteiger partial charge in [0.15, 0.2) is 0 Å². The molecule has 1 aliphatic heterocycles. The number of halogens is 1. The second kappa shape index (κ2) is 13.8. The van der Waals surface area contributed by atoms with Gasteiger partial charge < -0.3 is 9.80 Å². The molecule has 1 atom stereocenters. The van der Waals surface area contributed by atoms with Crippen LogP contribution >= 0.6 is 11.5 Å². The summed E-state index contributed by atoms with van der Waals surface area (Å²) in [4.78, 5) is 24.8. The van der Waals surface area contributed by atoms with Crippen LogP contribution in [0.5, 0.6) is 0 Å². The molecule has 41 heavy (non-hydrogen) atoms. The highest BCUT2D eigenvalue weighted by atomic mass is 32.1. The summed E-state index contributed by atoms with van der Waals surface area (Å²) in [5.41, 5.74) is 3.53. The van der Waals surface area contributed by atoms with Gasteiger partial charge in [-0.1, -0.05) is 79.7 Å². The van der Waals surface area contributed by atoms with Gasteiger partial charge in [0, 0.05) is 63.1 Å². The first-order chi connectivity index (χ1) is 20.0. The molecule has 5 rings (SSSR count). The van der Waals surface area contributed by atoms with E-state index >= 15 is 0 Å². The van der Waals surface area contributed by atoms with E-state index in [1.807, 2.05) is 4.90 Å². The van der Waals surface area contributed by atoms with Gasteiger partial charge >= 0.3 is 0 Å². The van der Waals surface area contributed by atoms with Crippen LogP contribution in [0.15, 0.2) is 84.9 Å². The predicted octanol–water partition coefficient (Wildman–Crippen LogP) is 6.20. The summed E-state index contributed by atoms with van der Waals surface area (Å²) in [7, 11) is 0. The summed E-state index contributed by atoms with van der Waals surface area (Å²) < 4.78 is 17.8. The fourth-order valence-electron chi connectivity index (χ4n) is 5.43. The van der Waals surface area contributed by atoms with Gasteiger partial charge in [-0.05, 0) is 42.2 Å². The third-order valence-corrected chi connectivity index (χ3v) is 8.72. The first kappa shape index (κ1) is 28.9. The van der Waals surface area contributed by atoms with Crippen LogP contribution in [0, 0.1) is 5.82 Å². The van der Waals surface area contributed by atoms with Crippen molar-refractivity contribution in [3.05, 3.63) is 113 Å². The van der Waals surface area contributed by atoms with Crippen molar-refractivity contribution in [1.82, 2.24) is 19.2 Å². The lowest BCUT2D eigenvalue weighted by Gasteiger charge is -2.40. The Labute approximate surface area is 246 Å². The van der Waals surface area contributed by atoms with Crippen LogP contribution in [-0.2, 0) is 11.2 Å². The number of anilines is 1. The van der Waals surface area contributed by atoms with Gasteiger partial charge in [0.25, 0.3) is 0 Å². The highest BCUT2D eigenvalue weighted by Gasteiger charge is 2.28. The minimum absolute atomic E-state index is 0.178. The van der Waals surface area contributed by atoms with Gasteiger partial charge in [-0.2, -0.15) is 4.37 Å². The van der Waals surface area contributed by atoms with E-state index in [1.54, 1.807) is 12.1 Å². The van der Waals surface area contributed by atoms with Crippen molar-refractivity contribution in [2.75, 3.05) is 37.6 Å². The van der Waals surface area contributed by atoms with Gasteiger partial charge in [0.1, 0.15) is 11.6 Å². The van der Waals surface area contributed by atoms with Crippen LogP contribution in [0.2, 0.25) is 0 Å². The average Bonchev–Trinajstić information content (AvgIpc) is 3.47. The molecule has 6 nitrogen and oxygen atoms in total. The van der Waals surface area contributed by atoms with Crippen molar-refractivity contribution in [3.8, 4) is 0 Å². The molecule has 1 unspecified atom stereocenters. The zero-order chi connectivity index (χ0) is 28.6. The fourth-order valence-corrected chi connectivity index (χ4v) is 6.25. The molecule has 1 aliphatic rings. The Morgan fingerprint density at radius 1 is 0.927 bits per heavy atom. The third-order valence-electron chi connectivity index (χ3n) is 7.93. The number of rotatable bonds is 11. The number of hydrogen-bond donors (Lipinski definition) is 0. The highest BCUT2D eigenvalue weighted by Crippen LogP contribution is 2.30. The van der Waals surface area contributed by atoms with Gasteiger partial charge in [-0.15, -0.1) is 0 Å². The number of carbonyl (C=O) groups is 1. The Morgan fingerprint density at radius 3 is 2.12 bits per heavy atom. The summed E-state index contributed by atoms with van der Waals surface area (Å²) in [6.45, 7) is 8.03. The summed E-state index contributed by atoms with van der Waals surface area (Å²) in [6, 6.07) is 28.1. The zero-order valence-corrected chi connectivity index (χ0v) is 24.6. The molecule has 0 aliphatic carbocycles. The number of aromatic nitrogens is 2. The minimum atomic E-state index is -0.248. The monoisotopic (exact) mass is 571 g/mol. The molecule has 3 aromatic carbocycles. The van der Waals surface area contributed by atoms with Gasteiger partial charge in [-0.25, -0.2) is 9.37 Å². The molecular formula is C33H38FN5OS. The number of carbonyl (C=O) groups excluding carboxylic acids is 1. The van der Waals surface area contributed by atoms with Crippen molar-refractivity contribution in [3.63, 3.8) is 0 Å². The summed E-state index contributed by atoms with van der Waals surface area (Å²) >= 11 is 1.37. The Morgan fingerprint density at radius 2 is 1.54 bits per heavy atom. The number of benzene rings is 3. The first-order valence-corrected chi connectivity index (χ1v) is 15.2. The second-order valence-corrected chi connectivity index (χ2v) is 11.4. The largest absolute Gasteiger partial charge is 0.344 e. The van der Waals surface area contributed by atoms with Gasteiger partial charge in [-0.3, -0.25) is 9.69 Å². The van der Waals surface area contributed by atoms with E-state index in [9.17, 15) is 9.18 Å². The number of piperazine rings is 1. The lowest BCUT2D eigenvalue weighted by Crippen LogP contribution is -2.50. The minimum Gasteiger partial charge on any atom is -0.344 e. The van der Waals surface area contributed by atoms with E-state index in [0.717, 1.165) is 49.1 Å². The molecule has 1 saturated heterocycles. The van der Waals surface area contributed by atoms with Gasteiger partial charge in [0.05, 0.1) is 6.04 Å². The maximum atomic E-state index is 13.4. The molecule has 4 aromatic rings. The van der Waals surface area contributed by atoms with E-state index in [1.165, 1.54) is 34.8 Å². The molecule has 2 heterocycles. The Hall–Kier alpha value is -3.62. The highest BCUT2D eigenvalue weighted by molar-refractivity contribution is 7.09. The van der Waals surface area contributed by atoms with E-state index in [4.69, 9.17) is 4.98 Å². The topological polar surface area (TPSA) is 52.6 Å². The lowest BCUT2D eigenvalue weighted by molar-refractivity contribution is -0.133. The Bertz CT molecular complexity index is 1330. The van der Waals surface area contributed by atoms with Crippen molar-refractivity contribution in [2.24, 2.45) is 0 Å². The first-order valence-electron chi connectivity index (χ1n) is 14.5. The predicted molar refractivity (Wildman–Crippen MR) is 164 cm³/mol. The summed E-state index contributed by atoms with van der Waals surface area (Å²) in [5, 5.41) is 0.836. The standard InChI is InChI=1S/C33H38FN5OS/c1-3-25(2)39(33-35-30(36-41-33)24-26-14-16-29(34)17-15-26)19-18-31(40)37-20-22-38(23-21-37)32(27-10-6-4-7-11-27)28-12-8-5-9-13-28/h4-17,25,32H,3,18-24H2,1-2H3. The number of hydrogen-bond acceptors (Lipinski definition) is 6. The lowest BCUT2D eigenvalue weighted by atomic mass is 9.96. The fraction of sp³-hybridized carbons (Fsp3) is 0.364. The molecule has 0 N–H and O–H groups in total. The second-order valence-electron chi connectivity index (χ2n) is 10.6. The number of nitrogens with zero attached hydrogens (tertiary/aromatic N) is 5. The van der Waals surface area contributed by atoms with E-state index < -0.39 is 0 Å². The summed E-state index contributed by atoms with van der Waals surface area (Å²) in [5.74, 6) is 0.658. The summed E-state index contributed by atoms with van der Waals surface area (Å²) in [6.07, 6.45) is 1.94. The van der Waals surface area contributed by atoms with Crippen molar-refractivity contribution >= 4 is 22.6 Å². The number of amides is 1. The third kappa shape index (κ3) is 7.37. The van der Waals surface area contributed by atoms with Crippen LogP contribution in [0.4, 0.5) is 9.52 Å². The molecule has 0 bridgehead atoms. The van der Waals surface area contributed by atoms with Crippen LogP contribution in [0.3, 0.4) is 0 Å². The van der Waals surface area contributed by atoms with E-state index in [2.05, 4.69) is 88.7 Å². The molecule has 214 valence electrons. The Kier molecular flexibility index (Phi) is 9.75. The molecule has 1 aromatic heterocycles. The molecule has 1 fully saturated rings. The average molecular weight is 572 g/mol. The maximum absolute atomic E-state index is 13.4. The molecule has 1 amide bonds. The molecule has 0 saturated carbocycles. The molecular weight excluding hydrogens is 533 g/mol. The van der Waals surface area contributed by atoms with Crippen LogP contribution in [0.25, 0.3) is 0 Å².